The standard InChI is InChI=1S/C23H22N4/c1-3-17-8-12-19(13-9-17)22-23(27-16-6-5-7-21(27)24-22)26-25-20-14-10-18(4-2)11-15-20/h5-16H,3-4H2,1-2H3. The Bertz CT molecular complexity index is 1070. The number of hydrogen-bond donors (Lipinski definition) is 0. The average molecular weight is 354 g/mol. The number of azo groups is 1. The maximum absolute atomic E-state index is 4.79. The minimum atomic E-state index is 0.745. The molecular weight excluding hydrogens is 332 g/mol. The molecule has 0 unspecified atom stereocenters. The Labute approximate surface area is 159 Å². The average Bonchev–Trinajstić information content (AvgIpc) is 3.11. The van der Waals surface area contributed by atoms with Crippen LogP contribution in [0, 0.1) is 0 Å². The number of imidazole rings is 1. The van der Waals surface area contributed by atoms with Gasteiger partial charge in [-0.3, -0.25) is 4.40 Å². The summed E-state index contributed by atoms with van der Waals surface area (Å²) in [5.74, 6) is 0.745. The number of hydrogen-bond acceptors (Lipinski definition) is 3. The number of rotatable bonds is 5. The molecule has 134 valence electrons. The van der Waals surface area contributed by atoms with Crippen LogP contribution in [0.5, 0.6) is 0 Å². The van der Waals surface area contributed by atoms with Crippen molar-refractivity contribution in [2.75, 3.05) is 0 Å². The topological polar surface area (TPSA) is 42.0 Å². The zero-order valence-electron chi connectivity index (χ0n) is 15.6. The van der Waals surface area contributed by atoms with Gasteiger partial charge in [0.25, 0.3) is 0 Å². The van der Waals surface area contributed by atoms with Crippen molar-refractivity contribution in [1.82, 2.24) is 9.38 Å². The van der Waals surface area contributed by atoms with Crippen molar-refractivity contribution in [3.8, 4) is 11.3 Å². The SMILES string of the molecule is CCc1ccc(N=Nc2c(-c3ccc(CC)cc3)nc3ccccn23)cc1. The lowest BCUT2D eigenvalue weighted by atomic mass is 10.1. The first-order valence-electron chi connectivity index (χ1n) is 9.35. The van der Waals surface area contributed by atoms with Crippen LogP contribution in [0.4, 0.5) is 11.5 Å². The van der Waals surface area contributed by atoms with Gasteiger partial charge in [-0.1, -0.05) is 56.3 Å². The quantitative estimate of drug-likeness (QED) is 0.375. The normalized spacial score (nSPS) is 11.5. The monoisotopic (exact) mass is 354 g/mol. The molecule has 0 radical (unpaired) electrons. The minimum Gasteiger partial charge on any atom is -0.283 e. The number of fused-ring (bicyclic) bond motifs is 1. The fraction of sp³-hybridized carbons (Fsp3) is 0.174. The second kappa shape index (κ2) is 7.54. The minimum absolute atomic E-state index is 0.745. The molecular formula is C23H22N4. The van der Waals surface area contributed by atoms with Gasteiger partial charge in [-0.25, -0.2) is 4.98 Å². The van der Waals surface area contributed by atoms with Crippen LogP contribution >= 0.6 is 0 Å². The van der Waals surface area contributed by atoms with Crippen LogP contribution in [0.2, 0.25) is 0 Å². The molecule has 2 aromatic carbocycles. The lowest BCUT2D eigenvalue weighted by molar-refractivity contribution is 1.10. The van der Waals surface area contributed by atoms with E-state index < -0.39 is 0 Å². The van der Waals surface area contributed by atoms with Gasteiger partial charge in [0.05, 0.1) is 5.69 Å². The molecule has 0 bridgehead atoms. The smallest absolute Gasteiger partial charge is 0.187 e. The molecule has 0 aliphatic carbocycles. The van der Waals surface area contributed by atoms with Gasteiger partial charge in [-0.2, -0.15) is 0 Å². The molecule has 2 heterocycles. The van der Waals surface area contributed by atoms with Crippen LogP contribution in [0.1, 0.15) is 25.0 Å². The van der Waals surface area contributed by atoms with E-state index >= 15 is 0 Å². The summed E-state index contributed by atoms with van der Waals surface area (Å²) in [6.45, 7) is 4.30. The van der Waals surface area contributed by atoms with Crippen molar-refractivity contribution < 1.29 is 0 Å². The Morgan fingerprint density at radius 2 is 1.44 bits per heavy atom. The molecule has 4 aromatic rings. The summed E-state index contributed by atoms with van der Waals surface area (Å²) in [5.41, 5.74) is 6.19. The van der Waals surface area contributed by atoms with Crippen LogP contribution in [-0.4, -0.2) is 9.38 Å². The maximum atomic E-state index is 4.79. The first-order chi connectivity index (χ1) is 13.3. The Hall–Kier alpha value is -3.27. The van der Waals surface area contributed by atoms with Crippen molar-refractivity contribution in [3.63, 3.8) is 0 Å². The lowest BCUT2D eigenvalue weighted by Gasteiger charge is -2.02. The molecule has 4 heteroatoms. The van der Waals surface area contributed by atoms with E-state index in [0.29, 0.717) is 0 Å². The Kier molecular flexibility index (Phi) is 4.79. The van der Waals surface area contributed by atoms with E-state index in [4.69, 9.17) is 4.98 Å². The molecule has 0 saturated carbocycles. The third kappa shape index (κ3) is 3.51. The number of pyridine rings is 1. The van der Waals surface area contributed by atoms with Gasteiger partial charge < -0.3 is 0 Å². The van der Waals surface area contributed by atoms with Gasteiger partial charge in [0.2, 0.25) is 0 Å². The molecule has 0 N–H and O–H groups in total. The summed E-state index contributed by atoms with van der Waals surface area (Å²) < 4.78 is 1.98. The second-order valence-electron chi connectivity index (χ2n) is 6.48. The van der Waals surface area contributed by atoms with Crippen molar-refractivity contribution in [2.24, 2.45) is 10.2 Å². The summed E-state index contributed by atoms with van der Waals surface area (Å²) in [5, 5.41) is 9.02. The molecule has 27 heavy (non-hydrogen) atoms. The van der Waals surface area contributed by atoms with Crippen molar-refractivity contribution >= 4 is 17.2 Å². The molecule has 0 aliphatic rings. The molecule has 0 aliphatic heterocycles. The Morgan fingerprint density at radius 3 is 2.11 bits per heavy atom. The molecule has 0 spiro atoms. The number of nitrogens with zero attached hydrogens (tertiary/aromatic N) is 4. The Balaban J connectivity index is 1.78. The van der Waals surface area contributed by atoms with E-state index in [1.165, 1.54) is 11.1 Å². The van der Waals surface area contributed by atoms with E-state index in [1.54, 1.807) is 0 Å². The van der Waals surface area contributed by atoms with Crippen LogP contribution in [-0.2, 0) is 12.8 Å². The first-order valence-corrected chi connectivity index (χ1v) is 9.35. The summed E-state index contributed by atoms with van der Waals surface area (Å²) in [6.07, 6.45) is 4.01. The van der Waals surface area contributed by atoms with Gasteiger partial charge in [0.1, 0.15) is 11.3 Å². The predicted molar refractivity (Wildman–Crippen MR) is 110 cm³/mol. The van der Waals surface area contributed by atoms with Crippen molar-refractivity contribution in [3.05, 3.63) is 84.1 Å². The maximum Gasteiger partial charge on any atom is 0.187 e. The van der Waals surface area contributed by atoms with Crippen LogP contribution in [0.25, 0.3) is 16.9 Å². The highest BCUT2D eigenvalue weighted by Crippen LogP contribution is 2.32. The number of benzene rings is 2. The zero-order chi connectivity index (χ0) is 18.6. The van der Waals surface area contributed by atoms with Crippen LogP contribution in [0.15, 0.2) is 83.2 Å². The third-order valence-corrected chi connectivity index (χ3v) is 4.75. The van der Waals surface area contributed by atoms with E-state index in [9.17, 15) is 0 Å². The highest BCUT2D eigenvalue weighted by atomic mass is 15.2. The van der Waals surface area contributed by atoms with Gasteiger partial charge in [0, 0.05) is 11.8 Å². The molecule has 4 rings (SSSR count). The highest BCUT2D eigenvalue weighted by Gasteiger charge is 2.13. The van der Waals surface area contributed by atoms with E-state index in [1.807, 2.05) is 40.9 Å². The Morgan fingerprint density at radius 1 is 0.778 bits per heavy atom. The van der Waals surface area contributed by atoms with E-state index in [0.717, 1.165) is 41.3 Å². The van der Waals surface area contributed by atoms with Crippen molar-refractivity contribution in [1.29, 1.82) is 0 Å². The first kappa shape index (κ1) is 17.2. The summed E-state index contributed by atoms with van der Waals surface area (Å²) in [6, 6.07) is 22.6. The zero-order valence-corrected chi connectivity index (χ0v) is 15.6. The summed E-state index contributed by atoms with van der Waals surface area (Å²) in [4.78, 5) is 4.79. The van der Waals surface area contributed by atoms with E-state index in [2.05, 4.69) is 60.5 Å². The lowest BCUT2D eigenvalue weighted by Crippen LogP contribution is -1.83. The molecule has 0 amide bonds. The number of aromatic nitrogens is 2. The fourth-order valence-corrected chi connectivity index (χ4v) is 3.07. The highest BCUT2D eigenvalue weighted by molar-refractivity contribution is 5.74. The molecule has 0 fully saturated rings. The largest absolute Gasteiger partial charge is 0.283 e. The predicted octanol–water partition coefficient (Wildman–Crippen LogP) is 6.54. The molecule has 0 atom stereocenters. The van der Waals surface area contributed by atoms with Gasteiger partial charge in [-0.15, -0.1) is 10.2 Å². The third-order valence-electron chi connectivity index (χ3n) is 4.75. The second-order valence-corrected chi connectivity index (χ2v) is 6.48. The number of aryl methyl sites for hydroxylation is 2. The van der Waals surface area contributed by atoms with Gasteiger partial charge >= 0.3 is 0 Å². The fourth-order valence-electron chi connectivity index (χ4n) is 3.07. The molecule has 0 saturated heterocycles. The van der Waals surface area contributed by atoms with Gasteiger partial charge in [-0.05, 0) is 48.2 Å². The van der Waals surface area contributed by atoms with Gasteiger partial charge in [0.15, 0.2) is 5.82 Å². The van der Waals surface area contributed by atoms with Crippen LogP contribution < -0.4 is 0 Å². The van der Waals surface area contributed by atoms with Crippen molar-refractivity contribution in [2.45, 2.75) is 26.7 Å². The summed E-state index contributed by atoms with van der Waals surface area (Å²) in [7, 11) is 0. The van der Waals surface area contributed by atoms with E-state index in [-0.39, 0.29) is 0 Å². The summed E-state index contributed by atoms with van der Waals surface area (Å²) >= 11 is 0. The van der Waals surface area contributed by atoms with Crippen LogP contribution in [0.3, 0.4) is 0 Å². The molecule has 2 aromatic heterocycles. The molecule has 4 nitrogen and oxygen atoms in total.